The van der Waals surface area contributed by atoms with Gasteiger partial charge in [0.05, 0.1) is 37.0 Å². The number of para-hydroxylation sites is 2. The molecule has 2 aromatic carbocycles. The van der Waals surface area contributed by atoms with Crippen LogP contribution in [0, 0.1) is 0 Å². The third-order valence-electron chi connectivity index (χ3n) is 10.4. The molecule has 30 heteroatoms. The van der Waals surface area contributed by atoms with Crippen LogP contribution in [-0.4, -0.2) is 134 Å². The number of nitrogens with one attached hydrogen (secondary N) is 2. The largest absolute Gasteiger partial charge is 0.398 e. The number of aromatic nitrogens is 8. The van der Waals surface area contributed by atoms with E-state index in [4.69, 9.17) is 50.2 Å². The molecule has 0 spiro atoms. The fourth-order valence-corrected chi connectivity index (χ4v) is 8.76. The van der Waals surface area contributed by atoms with E-state index in [2.05, 4.69) is 29.9 Å². The lowest BCUT2D eigenvalue weighted by atomic mass is 10.1. The van der Waals surface area contributed by atoms with Crippen molar-refractivity contribution in [3.05, 3.63) is 85.0 Å². The second-order valence-electron chi connectivity index (χ2n) is 15.4. The van der Waals surface area contributed by atoms with E-state index < -0.39 is 101 Å². The van der Waals surface area contributed by atoms with E-state index in [0.717, 1.165) is 0 Å². The zero-order valence-electron chi connectivity index (χ0n) is 35.0. The van der Waals surface area contributed by atoms with E-state index in [1.807, 2.05) is 4.72 Å². The second-order valence-corrected chi connectivity index (χ2v) is 18.1. The number of carbonyl (C=O) groups excluding carboxylic acids is 2. The second kappa shape index (κ2) is 18.2. The van der Waals surface area contributed by atoms with E-state index in [9.17, 15) is 36.6 Å². The molecule has 9 rings (SSSR count). The highest BCUT2D eigenvalue weighted by molar-refractivity contribution is 7.85. The Kier molecular flexibility index (Phi) is 12.7. The van der Waals surface area contributed by atoms with Crippen molar-refractivity contribution in [2.75, 3.05) is 36.1 Å². The van der Waals surface area contributed by atoms with Crippen LogP contribution >= 0.6 is 0 Å². The number of benzene rings is 2. The predicted octanol–water partition coefficient (Wildman–Crippen LogP) is -1.60. The Morgan fingerprint density at radius 2 is 1.10 bits per heavy atom. The highest BCUT2D eigenvalue weighted by Crippen LogP contribution is 2.44. The van der Waals surface area contributed by atoms with Gasteiger partial charge in [0.15, 0.2) is 41.2 Å². The number of imidazole rings is 2. The van der Waals surface area contributed by atoms with Crippen LogP contribution in [-0.2, 0) is 47.9 Å². The maximum atomic E-state index is 12.5. The molecule has 2 amide bonds. The van der Waals surface area contributed by atoms with E-state index >= 15 is 0 Å². The summed E-state index contributed by atoms with van der Waals surface area (Å²) in [4.78, 5) is 48.8. The number of nitrogen functional groups attached to an aromatic ring is 4. The maximum Gasteiger partial charge on any atom is 0.362 e. The van der Waals surface area contributed by atoms with Crippen molar-refractivity contribution in [1.29, 1.82) is 0 Å². The summed E-state index contributed by atoms with van der Waals surface area (Å²) in [5.74, 6) is -2.56. The van der Waals surface area contributed by atoms with Crippen molar-refractivity contribution in [3.8, 4) is 0 Å². The van der Waals surface area contributed by atoms with Crippen molar-refractivity contribution in [2.45, 2.75) is 68.7 Å². The molecular weight excluding hydrogens is 929 g/mol. The molecule has 0 saturated carbocycles. The average Bonchev–Trinajstić information content (AvgIpc) is 4.09. The van der Waals surface area contributed by atoms with Crippen LogP contribution in [0.4, 0.5) is 23.0 Å². The highest BCUT2D eigenvalue weighted by atomic mass is 32.2. The molecule has 3 aliphatic rings. The first-order valence-electron chi connectivity index (χ1n) is 19.7. The molecule has 3 aliphatic heterocycles. The van der Waals surface area contributed by atoms with Gasteiger partial charge in [-0.15, -0.1) is 0 Å². The number of aliphatic hydroxyl groups is 2. The third kappa shape index (κ3) is 9.74. The average molecular weight is 971 g/mol. The monoisotopic (exact) mass is 970 g/mol. The number of anilines is 4. The number of aliphatic hydroxyl groups excluding tert-OH is 2. The van der Waals surface area contributed by atoms with E-state index in [1.165, 1.54) is 60.2 Å². The van der Waals surface area contributed by atoms with Gasteiger partial charge in [0, 0.05) is 11.4 Å². The first kappa shape index (κ1) is 46.8. The van der Waals surface area contributed by atoms with Crippen molar-refractivity contribution in [1.82, 2.24) is 48.5 Å². The minimum Gasteiger partial charge on any atom is -0.398 e. The van der Waals surface area contributed by atoms with E-state index in [-0.39, 0.29) is 45.3 Å². The fraction of sp³-hybridized carbons (Fsp3) is 0.351. The molecule has 356 valence electrons. The molecule has 0 bridgehead atoms. The summed E-state index contributed by atoms with van der Waals surface area (Å²) in [6, 6.07) is 11.9. The fourth-order valence-electron chi connectivity index (χ4n) is 7.34. The summed E-state index contributed by atoms with van der Waals surface area (Å²) >= 11 is 0. The van der Waals surface area contributed by atoms with Crippen LogP contribution in [0.1, 0.15) is 47.0 Å². The third-order valence-corrected chi connectivity index (χ3v) is 12.2. The molecule has 67 heavy (non-hydrogen) atoms. The summed E-state index contributed by atoms with van der Waals surface area (Å²) in [6.45, 7) is 2.32. The van der Waals surface area contributed by atoms with Crippen LogP contribution in [0.25, 0.3) is 22.3 Å². The first-order chi connectivity index (χ1) is 31.7. The zero-order valence-corrected chi connectivity index (χ0v) is 36.6. The van der Waals surface area contributed by atoms with Gasteiger partial charge in [-0.05, 0) is 38.1 Å². The molecular formula is C37H42N14O14S2. The quantitative estimate of drug-likeness (QED) is 0.0640. The summed E-state index contributed by atoms with van der Waals surface area (Å²) in [5.41, 5.74) is 24.5. The molecule has 0 unspecified atom stereocenters. The van der Waals surface area contributed by atoms with Gasteiger partial charge in [-0.2, -0.15) is 16.8 Å². The van der Waals surface area contributed by atoms with Crippen LogP contribution in [0.5, 0.6) is 0 Å². The first-order valence-corrected chi connectivity index (χ1v) is 22.5. The number of hydrogen-bond acceptors (Lipinski definition) is 24. The highest BCUT2D eigenvalue weighted by Gasteiger charge is 2.56. The number of rotatable bonds is 12. The number of carbonyl (C=O) groups is 2. The van der Waals surface area contributed by atoms with Crippen LogP contribution in [0.15, 0.2) is 73.8 Å². The number of nitrogens with zero attached hydrogens (tertiary/aromatic N) is 8. The number of ether oxygens (including phenoxy) is 4. The summed E-state index contributed by atoms with van der Waals surface area (Å²) in [5, 5.41) is 20.7. The van der Waals surface area contributed by atoms with E-state index in [1.54, 1.807) is 41.3 Å². The van der Waals surface area contributed by atoms with Gasteiger partial charge in [0.25, 0.3) is 11.8 Å². The van der Waals surface area contributed by atoms with Gasteiger partial charge >= 0.3 is 20.6 Å². The molecule has 8 atom stereocenters. The van der Waals surface area contributed by atoms with Gasteiger partial charge < -0.3 is 52.1 Å². The maximum absolute atomic E-state index is 12.5. The van der Waals surface area contributed by atoms with Gasteiger partial charge in [-0.25, -0.2) is 39.3 Å². The standard InChI is InChI=1S/C20H23N7O7S.C17H19N7O7S/c1-20(2)33-14-12(7-31-35(29,30)26-18(28)10-5-3-4-6-11(10)21)32-19(15(14)34-20)27-9-25-13-16(22)23-8-24-17(13)27;18-9-4-2-1-3-8(9)16(27)23-32(28,29)30-5-10-12(25)13(26)17(31-10)24-7-22-11-14(19)20-6-21-15(11)24/h3-6,8-9,12,14-15,19H,7,21H2,1-2H3,(H,26,28)(H2,22,23,24);1-4,6-7,10,12-13,17,25-26H,5,18H2,(H,23,27)(H2,19,20,21)/t12-,14-,15-,19-;10-,12-,13-,17-/m11/s1. The van der Waals surface area contributed by atoms with Gasteiger partial charge in [-0.1, -0.05) is 24.3 Å². The molecule has 0 radical (unpaired) electrons. The topological polar surface area (TPSA) is 414 Å². The van der Waals surface area contributed by atoms with Crippen molar-refractivity contribution < 1.29 is 64.0 Å². The van der Waals surface area contributed by atoms with Crippen LogP contribution < -0.4 is 32.4 Å². The Morgan fingerprint density at radius 3 is 1.61 bits per heavy atom. The molecule has 3 fully saturated rings. The minimum atomic E-state index is -4.57. The Balaban J connectivity index is 0.000000182. The van der Waals surface area contributed by atoms with Gasteiger partial charge in [0.1, 0.15) is 60.3 Å². The summed E-state index contributed by atoms with van der Waals surface area (Å²) in [6.07, 6.45) is -3.04. The minimum absolute atomic E-state index is 0.000515. The Morgan fingerprint density at radius 1 is 0.657 bits per heavy atom. The number of nitrogens with two attached hydrogens (primary N) is 4. The number of fused-ring (bicyclic) bond motifs is 3. The van der Waals surface area contributed by atoms with Crippen LogP contribution in [0.3, 0.4) is 0 Å². The number of hydrogen-bond donors (Lipinski definition) is 8. The Bertz CT molecular complexity index is 3070. The van der Waals surface area contributed by atoms with Crippen molar-refractivity contribution >= 4 is 77.8 Å². The lowest BCUT2D eigenvalue weighted by Crippen LogP contribution is -2.38. The van der Waals surface area contributed by atoms with Crippen molar-refractivity contribution in [2.24, 2.45) is 0 Å². The molecule has 6 aromatic rings. The van der Waals surface area contributed by atoms with Crippen molar-refractivity contribution in [3.63, 3.8) is 0 Å². The molecule has 7 heterocycles. The molecule has 0 aliphatic carbocycles. The SMILES string of the molecule is CC1(C)O[C@@H]2[C@H](O1)[C@@H](COS(=O)(=O)NC(=O)c1ccccc1N)O[C@H]2n1cnc2c(N)ncnc21.Nc1ccccc1C(=O)NS(=O)(=O)OC[C@H]1O[C@@H](n2cnc3c(N)ncnc32)[C@H](O)[C@@H]1O. The molecule has 12 N–H and O–H groups in total. The predicted molar refractivity (Wildman–Crippen MR) is 230 cm³/mol. The van der Waals surface area contributed by atoms with Gasteiger partial charge in [-0.3, -0.25) is 27.1 Å². The lowest BCUT2D eigenvalue weighted by Gasteiger charge is -2.24. The lowest BCUT2D eigenvalue weighted by molar-refractivity contribution is -0.198. The zero-order chi connectivity index (χ0) is 48.0. The summed E-state index contributed by atoms with van der Waals surface area (Å²) < 4.78 is 89.2. The molecule has 4 aromatic heterocycles. The number of amides is 2. The molecule has 3 saturated heterocycles. The van der Waals surface area contributed by atoms with Gasteiger partial charge in [0.2, 0.25) is 0 Å². The molecule has 28 nitrogen and oxygen atoms in total. The Labute approximate surface area is 379 Å². The normalized spacial score (nSPS) is 24.5. The van der Waals surface area contributed by atoms with E-state index in [0.29, 0.717) is 11.2 Å². The smallest absolute Gasteiger partial charge is 0.362 e. The summed E-state index contributed by atoms with van der Waals surface area (Å²) in [7, 11) is -9.06. The van der Waals surface area contributed by atoms with Crippen LogP contribution in [0.2, 0.25) is 0 Å². The Hall–Kier alpha value is -6.74.